The summed E-state index contributed by atoms with van der Waals surface area (Å²) in [7, 11) is 0. The first-order valence-electron chi connectivity index (χ1n) is 7.20. The van der Waals surface area contributed by atoms with E-state index in [0.29, 0.717) is 18.7 Å². The lowest BCUT2D eigenvalue weighted by molar-refractivity contribution is 0.0584. The quantitative estimate of drug-likeness (QED) is 0.514. The van der Waals surface area contributed by atoms with Gasteiger partial charge in [-0.05, 0) is 56.9 Å². The Labute approximate surface area is 125 Å². The zero-order chi connectivity index (χ0) is 15.6. The Bertz CT molecular complexity index is 573. The molecule has 0 aliphatic carbocycles. The van der Waals surface area contributed by atoms with Crippen LogP contribution in [-0.4, -0.2) is 29.2 Å². The van der Waals surface area contributed by atoms with Gasteiger partial charge in [0.25, 0.3) is 0 Å². The number of rotatable bonds is 2. The normalized spacial score (nSPS) is 15.0. The van der Waals surface area contributed by atoms with Crippen LogP contribution in [0.3, 0.4) is 0 Å². The maximum atomic E-state index is 12.2. The molecule has 1 aromatic carbocycles. The lowest BCUT2D eigenvalue weighted by Gasteiger charge is -2.24. The van der Waals surface area contributed by atoms with Gasteiger partial charge in [-0.1, -0.05) is 18.1 Å². The molecule has 0 bridgehead atoms. The number of benzene rings is 1. The number of ether oxygens (including phenoxy) is 1. The van der Waals surface area contributed by atoms with Crippen molar-refractivity contribution in [3.63, 3.8) is 0 Å². The number of hydrogen-bond acceptors (Lipinski definition) is 4. The fourth-order valence-electron chi connectivity index (χ4n) is 2.42. The molecule has 0 atom stereocenters. The molecule has 1 aliphatic rings. The van der Waals surface area contributed by atoms with E-state index in [4.69, 9.17) is 9.94 Å². The molecule has 1 aliphatic heterocycles. The molecule has 21 heavy (non-hydrogen) atoms. The molecule has 1 heterocycles. The summed E-state index contributed by atoms with van der Waals surface area (Å²) in [6.07, 6.45) is 1.12. The van der Waals surface area contributed by atoms with Crippen molar-refractivity contribution >= 4 is 17.5 Å². The number of carbonyl (C=O) groups is 1. The minimum atomic E-state index is -0.501. The molecule has 1 aromatic rings. The monoisotopic (exact) mass is 290 g/mol. The van der Waals surface area contributed by atoms with Crippen LogP contribution in [0.2, 0.25) is 0 Å². The van der Waals surface area contributed by atoms with Crippen LogP contribution >= 0.6 is 0 Å². The highest BCUT2D eigenvalue weighted by molar-refractivity contribution is 6.01. The van der Waals surface area contributed by atoms with Crippen molar-refractivity contribution in [2.24, 2.45) is 5.16 Å². The van der Waals surface area contributed by atoms with Crippen molar-refractivity contribution in [2.45, 2.75) is 46.1 Å². The van der Waals surface area contributed by atoms with Crippen molar-refractivity contribution in [1.29, 1.82) is 0 Å². The lowest BCUT2D eigenvalue weighted by atomic mass is 10.0. The third-order valence-electron chi connectivity index (χ3n) is 3.38. The molecule has 1 N–H and O–H groups in total. The summed E-state index contributed by atoms with van der Waals surface area (Å²) in [5.41, 5.74) is 2.99. The predicted molar refractivity (Wildman–Crippen MR) is 82.3 cm³/mol. The molecule has 0 saturated carbocycles. The van der Waals surface area contributed by atoms with E-state index in [1.54, 1.807) is 4.90 Å². The third-order valence-corrected chi connectivity index (χ3v) is 3.38. The van der Waals surface area contributed by atoms with E-state index in [-0.39, 0.29) is 6.09 Å². The van der Waals surface area contributed by atoms with Gasteiger partial charge in [0, 0.05) is 6.54 Å². The average Bonchev–Trinajstić information content (AvgIpc) is 2.81. The van der Waals surface area contributed by atoms with Gasteiger partial charge in [0.1, 0.15) is 5.60 Å². The van der Waals surface area contributed by atoms with E-state index in [1.807, 2.05) is 45.9 Å². The zero-order valence-corrected chi connectivity index (χ0v) is 13.0. The molecule has 0 spiro atoms. The predicted octanol–water partition coefficient (Wildman–Crippen LogP) is 3.57. The number of amides is 1. The Kier molecular flexibility index (Phi) is 4.21. The van der Waals surface area contributed by atoms with Crippen molar-refractivity contribution in [3.8, 4) is 0 Å². The summed E-state index contributed by atoms with van der Waals surface area (Å²) in [5.74, 6) is 0. The van der Waals surface area contributed by atoms with E-state index in [0.717, 1.165) is 23.2 Å². The van der Waals surface area contributed by atoms with Crippen molar-refractivity contribution < 1.29 is 14.7 Å². The number of fused-ring (bicyclic) bond motifs is 1. The van der Waals surface area contributed by atoms with Crippen LogP contribution in [0.25, 0.3) is 0 Å². The van der Waals surface area contributed by atoms with Crippen molar-refractivity contribution in [3.05, 3.63) is 29.3 Å². The largest absolute Gasteiger partial charge is 0.443 e. The second-order valence-corrected chi connectivity index (χ2v) is 6.13. The highest BCUT2D eigenvalue weighted by Crippen LogP contribution is 2.30. The first kappa shape index (κ1) is 15.4. The van der Waals surface area contributed by atoms with E-state index < -0.39 is 5.60 Å². The second-order valence-electron chi connectivity index (χ2n) is 6.13. The van der Waals surface area contributed by atoms with Gasteiger partial charge in [-0.25, -0.2) is 4.79 Å². The van der Waals surface area contributed by atoms with Crippen LogP contribution in [0, 0.1) is 0 Å². The molecule has 0 fully saturated rings. The van der Waals surface area contributed by atoms with Gasteiger partial charge in [-0.2, -0.15) is 0 Å². The molecule has 0 radical (unpaired) electrons. The van der Waals surface area contributed by atoms with Gasteiger partial charge in [-0.15, -0.1) is 0 Å². The Hall–Kier alpha value is -2.04. The maximum absolute atomic E-state index is 12.2. The topological polar surface area (TPSA) is 62.1 Å². The van der Waals surface area contributed by atoms with E-state index in [9.17, 15) is 4.79 Å². The van der Waals surface area contributed by atoms with Crippen LogP contribution in [0.5, 0.6) is 0 Å². The van der Waals surface area contributed by atoms with Crippen LogP contribution in [-0.2, 0) is 11.2 Å². The van der Waals surface area contributed by atoms with Crippen LogP contribution < -0.4 is 4.90 Å². The van der Waals surface area contributed by atoms with Gasteiger partial charge in [0.2, 0.25) is 0 Å². The summed E-state index contributed by atoms with van der Waals surface area (Å²) in [6.45, 7) is 8.13. The number of oxime groups is 1. The van der Waals surface area contributed by atoms with E-state index >= 15 is 0 Å². The summed E-state index contributed by atoms with van der Waals surface area (Å²) in [6, 6.07) is 5.75. The molecule has 1 amide bonds. The molecule has 5 nitrogen and oxygen atoms in total. The van der Waals surface area contributed by atoms with Crippen LogP contribution in [0.1, 0.15) is 45.2 Å². The summed E-state index contributed by atoms with van der Waals surface area (Å²) < 4.78 is 5.42. The van der Waals surface area contributed by atoms with Crippen molar-refractivity contribution in [1.82, 2.24) is 0 Å². The SMILES string of the molecule is CCC(=NO)c1ccc2c(c1)CCN2C(=O)OC(C)(C)C. The molecule has 0 aromatic heterocycles. The smallest absolute Gasteiger partial charge is 0.414 e. The first-order valence-corrected chi connectivity index (χ1v) is 7.20. The fourth-order valence-corrected chi connectivity index (χ4v) is 2.42. The van der Waals surface area contributed by atoms with Crippen LogP contribution in [0.4, 0.5) is 10.5 Å². The van der Waals surface area contributed by atoms with Gasteiger partial charge in [-0.3, -0.25) is 4.90 Å². The highest BCUT2D eigenvalue weighted by atomic mass is 16.6. The Balaban J connectivity index is 2.24. The average molecular weight is 290 g/mol. The Morgan fingerprint density at radius 2 is 2.14 bits per heavy atom. The lowest BCUT2D eigenvalue weighted by Crippen LogP contribution is -2.35. The number of anilines is 1. The van der Waals surface area contributed by atoms with Gasteiger partial charge < -0.3 is 9.94 Å². The molecule has 0 saturated heterocycles. The van der Waals surface area contributed by atoms with Gasteiger partial charge >= 0.3 is 6.09 Å². The molecule has 2 rings (SSSR count). The highest BCUT2D eigenvalue weighted by Gasteiger charge is 2.29. The minimum Gasteiger partial charge on any atom is -0.443 e. The third kappa shape index (κ3) is 3.35. The number of carbonyl (C=O) groups excluding carboxylic acids is 1. The van der Waals surface area contributed by atoms with Gasteiger partial charge in [0.15, 0.2) is 0 Å². The zero-order valence-electron chi connectivity index (χ0n) is 13.0. The van der Waals surface area contributed by atoms with Crippen LogP contribution in [0.15, 0.2) is 23.4 Å². The van der Waals surface area contributed by atoms with E-state index in [1.165, 1.54) is 0 Å². The fraction of sp³-hybridized carbons (Fsp3) is 0.500. The maximum Gasteiger partial charge on any atom is 0.414 e. The van der Waals surface area contributed by atoms with E-state index in [2.05, 4.69) is 5.16 Å². The molecule has 114 valence electrons. The number of nitrogens with zero attached hydrogens (tertiary/aromatic N) is 2. The molecule has 0 unspecified atom stereocenters. The van der Waals surface area contributed by atoms with Crippen molar-refractivity contribution in [2.75, 3.05) is 11.4 Å². The summed E-state index contributed by atoms with van der Waals surface area (Å²) >= 11 is 0. The van der Waals surface area contributed by atoms with Gasteiger partial charge in [0.05, 0.1) is 11.4 Å². The first-order chi connectivity index (χ1) is 9.85. The molecular formula is C16H22N2O3. The second kappa shape index (κ2) is 5.76. The minimum absolute atomic E-state index is 0.319. The summed E-state index contributed by atoms with van der Waals surface area (Å²) in [4.78, 5) is 13.9. The standard InChI is InChI=1S/C16H22N2O3/c1-5-13(17-20)11-6-7-14-12(10-11)8-9-18(14)15(19)21-16(2,3)4/h6-7,10,20H,5,8-9H2,1-4H3. The molecular weight excluding hydrogens is 268 g/mol. The number of hydrogen-bond donors (Lipinski definition) is 1. The Morgan fingerprint density at radius 3 is 2.71 bits per heavy atom. The molecule has 5 heteroatoms. The summed E-state index contributed by atoms with van der Waals surface area (Å²) in [5, 5.41) is 12.3. The Morgan fingerprint density at radius 1 is 1.43 bits per heavy atom.